The maximum atomic E-state index is 12.3. The van der Waals surface area contributed by atoms with Crippen LogP contribution in [0, 0.1) is 13.8 Å². The monoisotopic (exact) mass is 260 g/mol. The molecule has 5 heteroatoms. The number of Topliss-reactive ketones (excluding diaryl/α,β-unsaturated/α-hetero) is 1. The number of hydrogen-bond acceptors (Lipinski definition) is 3. The van der Waals surface area contributed by atoms with Crippen LogP contribution >= 0.6 is 0 Å². The molecular weight excluding hydrogens is 240 g/mol. The van der Waals surface area contributed by atoms with Crippen molar-refractivity contribution in [2.75, 3.05) is 0 Å². The number of carbonyl (C=O) groups excluding carboxylic acids is 1. The van der Waals surface area contributed by atoms with Gasteiger partial charge in [-0.05, 0) is 20.3 Å². The second-order valence-electron chi connectivity index (χ2n) is 4.87. The molecule has 102 valence electrons. The van der Waals surface area contributed by atoms with Gasteiger partial charge in [-0.1, -0.05) is 6.92 Å². The molecule has 0 atom stereocenters. The first-order valence-corrected chi connectivity index (χ1v) is 6.57. The Morgan fingerprint density at radius 1 is 1.37 bits per heavy atom. The van der Waals surface area contributed by atoms with Crippen molar-refractivity contribution in [3.05, 3.63) is 34.9 Å². The molecule has 0 amide bonds. The normalized spacial score (nSPS) is 10.9. The van der Waals surface area contributed by atoms with Gasteiger partial charge in [0.1, 0.15) is 0 Å². The quantitative estimate of drug-likeness (QED) is 0.773. The largest absolute Gasteiger partial charge is 0.294 e. The first-order valence-electron chi connectivity index (χ1n) is 6.57. The van der Waals surface area contributed by atoms with E-state index < -0.39 is 0 Å². The fraction of sp³-hybridized carbons (Fsp3) is 0.500. The average molecular weight is 260 g/mol. The number of nitrogens with zero attached hydrogens (tertiary/aromatic N) is 4. The summed E-state index contributed by atoms with van der Waals surface area (Å²) in [6.45, 7) is 6.86. The highest BCUT2D eigenvalue weighted by molar-refractivity contribution is 5.97. The van der Waals surface area contributed by atoms with Gasteiger partial charge in [0.2, 0.25) is 0 Å². The third kappa shape index (κ3) is 2.75. The van der Waals surface area contributed by atoms with Crippen molar-refractivity contribution in [1.82, 2.24) is 19.6 Å². The summed E-state index contributed by atoms with van der Waals surface area (Å²) in [7, 11) is 1.90. The fourth-order valence-corrected chi connectivity index (χ4v) is 2.19. The fourth-order valence-electron chi connectivity index (χ4n) is 2.19. The zero-order chi connectivity index (χ0) is 14.0. The maximum absolute atomic E-state index is 12.3. The summed E-state index contributed by atoms with van der Waals surface area (Å²) >= 11 is 0. The van der Waals surface area contributed by atoms with E-state index in [0.29, 0.717) is 12.0 Å². The second-order valence-corrected chi connectivity index (χ2v) is 4.87. The summed E-state index contributed by atoms with van der Waals surface area (Å²) in [6.07, 6.45) is 4.88. The highest BCUT2D eigenvalue weighted by Crippen LogP contribution is 2.15. The molecule has 2 heterocycles. The summed E-state index contributed by atoms with van der Waals surface area (Å²) in [5.41, 5.74) is 3.67. The number of hydrogen-bond donors (Lipinski definition) is 0. The number of ketones is 1. The van der Waals surface area contributed by atoms with E-state index in [4.69, 9.17) is 0 Å². The van der Waals surface area contributed by atoms with Crippen LogP contribution in [0.2, 0.25) is 0 Å². The van der Waals surface area contributed by atoms with Gasteiger partial charge in [-0.15, -0.1) is 0 Å². The van der Waals surface area contributed by atoms with E-state index in [0.717, 1.165) is 29.9 Å². The molecule has 0 spiro atoms. The molecule has 2 aromatic rings. The van der Waals surface area contributed by atoms with Gasteiger partial charge in [0.05, 0.1) is 17.5 Å². The van der Waals surface area contributed by atoms with Crippen molar-refractivity contribution in [3.8, 4) is 0 Å². The predicted octanol–water partition coefficient (Wildman–Crippen LogP) is 2.07. The Morgan fingerprint density at radius 3 is 2.68 bits per heavy atom. The molecular formula is C14H20N4O. The number of rotatable bonds is 5. The molecule has 0 aliphatic carbocycles. The van der Waals surface area contributed by atoms with E-state index >= 15 is 0 Å². The van der Waals surface area contributed by atoms with Crippen LogP contribution in [-0.2, 0) is 20.0 Å². The van der Waals surface area contributed by atoms with Gasteiger partial charge >= 0.3 is 0 Å². The lowest BCUT2D eigenvalue weighted by Gasteiger charge is -2.00. The van der Waals surface area contributed by atoms with E-state index in [2.05, 4.69) is 17.1 Å². The minimum Gasteiger partial charge on any atom is -0.294 e. The van der Waals surface area contributed by atoms with Gasteiger partial charge in [-0.3, -0.25) is 14.2 Å². The lowest BCUT2D eigenvalue weighted by atomic mass is 10.0. The first kappa shape index (κ1) is 13.5. The van der Waals surface area contributed by atoms with Gasteiger partial charge in [0.25, 0.3) is 0 Å². The highest BCUT2D eigenvalue weighted by atomic mass is 16.1. The number of carbonyl (C=O) groups is 1. The lowest BCUT2D eigenvalue weighted by molar-refractivity contribution is 0.0992. The molecule has 0 aromatic carbocycles. The second kappa shape index (κ2) is 5.38. The van der Waals surface area contributed by atoms with Gasteiger partial charge in [0, 0.05) is 37.5 Å². The Bertz CT molecular complexity index is 595. The van der Waals surface area contributed by atoms with Crippen LogP contribution in [0.5, 0.6) is 0 Å². The van der Waals surface area contributed by atoms with Crippen molar-refractivity contribution in [1.29, 1.82) is 0 Å². The van der Waals surface area contributed by atoms with Crippen LogP contribution in [0.25, 0.3) is 0 Å². The van der Waals surface area contributed by atoms with Gasteiger partial charge in [-0.2, -0.15) is 10.2 Å². The first-order chi connectivity index (χ1) is 9.02. The zero-order valence-corrected chi connectivity index (χ0v) is 12.0. The molecule has 0 fully saturated rings. The summed E-state index contributed by atoms with van der Waals surface area (Å²) in [5.74, 6) is 0.0987. The van der Waals surface area contributed by atoms with Crippen molar-refractivity contribution in [3.63, 3.8) is 0 Å². The van der Waals surface area contributed by atoms with Crippen LogP contribution in [0.4, 0.5) is 0 Å². The van der Waals surface area contributed by atoms with Crippen LogP contribution in [0.15, 0.2) is 12.4 Å². The Balaban J connectivity index is 2.16. The predicted molar refractivity (Wildman–Crippen MR) is 73.2 cm³/mol. The summed E-state index contributed by atoms with van der Waals surface area (Å²) < 4.78 is 3.63. The van der Waals surface area contributed by atoms with Gasteiger partial charge < -0.3 is 0 Å². The van der Waals surface area contributed by atoms with Crippen LogP contribution in [-0.4, -0.2) is 25.3 Å². The number of aromatic nitrogens is 4. The van der Waals surface area contributed by atoms with Gasteiger partial charge in [0.15, 0.2) is 5.78 Å². The minimum atomic E-state index is 0.0987. The molecule has 2 rings (SSSR count). The SMILES string of the molecule is CCCn1cc(C(=O)Cc2c(C)nn(C)c2C)cn1. The molecule has 0 saturated carbocycles. The van der Waals surface area contributed by atoms with Crippen LogP contribution in [0.1, 0.15) is 40.7 Å². The molecule has 5 nitrogen and oxygen atoms in total. The third-order valence-corrected chi connectivity index (χ3v) is 3.40. The highest BCUT2D eigenvalue weighted by Gasteiger charge is 2.15. The Kier molecular flexibility index (Phi) is 3.83. The lowest BCUT2D eigenvalue weighted by Crippen LogP contribution is -2.05. The molecule has 2 aromatic heterocycles. The van der Waals surface area contributed by atoms with Gasteiger partial charge in [-0.25, -0.2) is 0 Å². The molecule has 0 aliphatic rings. The molecule has 0 N–H and O–H groups in total. The van der Waals surface area contributed by atoms with Crippen molar-refractivity contribution < 1.29 is 4.79 Å². The molecule has 0 radical (unpaired) electrons. The molecule has 19 heavy (non-hydrogen) atoms. The Hall–Kier alpha value is -1.91. The summed E-state index contributed by atoms with van der Waals surface area (Å²) in [5, 5.41) is 8.53. The summed E-state index contributed by atoms with van der Waals surface area (Å²) in [4.78, 5) is 12.3. The Labute approximate surface area is 113 Å². The third-order valence-electron chi connectivity index (χ3n) is 3.40. The summed E-state index contributed by atoms with van der Waals surface area (Å²) in [6, 6.07) is 0. The maximum Gasteiger partial charge on any atom is 0.170 e. The zero-order valence-electron chi connectivity index (χ0n) is 12.0. The molecule has 0 saturated heterocycles. The van der Waals surface area contributed by atoms with E-state index in [-0.39, 0.29) is 5.78 Å². The topological polar surface area (TPSA) is 52.7 Å². The van der Waals surface area contributed by atoms with E-state index in [1.807, 2.05) is 36.5 Å². The molecule has 0 bridgehead atoms. The van der Waals surface area contributed by atoms with E-state index in [9.17, 15) is 4.79 Å². The van der Waals surface area contributed by atoms with Crippen molar-refractivity contribution in [2.45, 2.75) is 40.2 Å². The van der Waals surface area contributed by atoms with E-state index in [1.165, 1.54) is 0 Å². The van der Waals surface area contributed by atoms with Crippen molar-refractivity contribution in [2.24, 2.45) is 7.05 Å². The number of aryl methyl sites for hydroxylation is 3. The molecule has 0 aliphatic heterocycles. The average Bonchev–Trinajstić information content (AvgIpc) is 2.91. The molecule has 0 unspecified atom stereocenters. The van der Waals surface area contributed by atoms with E-state index in [1.54, 1.807) is 6.20 Å². The van der Waals surface area contributed by atoms with Crippen molar-refractivity contribution >= 4 is 5.78 Å². The standard InChI is InChI=1S/C14H20N4O/c1-5-6-18-9-12(8-15-18)14(19)7-13-10(2)16-17(4)11(13)3/h8-9H,5-7H2,1-4H3. The van der Waals surface area contributed by atoms with Crippen LogP contribution < -0.4 is 0 Å². The minimum absolute atomic E-state index is 0.0987. The van der Waals surface area contributed by atoms with Crippen LogP contribution in [0.3, 0.4) is 0 Å². The Morgan fingerprint density at radius 2 is 2.11 bits per heavy atom. The smallest absolute Gasteiger partial charge is 0.170 e.